The van der Waals surface area contributed by atoms with Gasteiger partial charge in [0.15, 0.2) is 11.0 Å². The summed E-state index contributed by atoms with van der Waals surface area (Å²) < 4.78 is 2.87. The maximum absolute atomic E-state index is 12.1. The Labute approximate surface area is 180 Å². The SMILES string of the molecule is CCn1c(SCC(=O)N/N=C/c2ccccc2Br)nnc1-c1ccc(Cl)cc1. The van der Waals surface area contributed by atoms with Gasteiger partial charge in [-0.1, -0.05) is 57.5 Å². The first-order valence-corrected chi connectivity index (χ1v) is 10.6. The number of benzene rings is 2. The fraction of sp³-hybridized carbons (Fsp3) is 0.158. The molecule has 0 aliphatic rings. The predicted molar refractivity (Wildman–Crippen MR) is 117 cm³/mol. The molecule has 0 bridgehead atoms. The van der Waals surface area contributed by atoms with Gasteiger partial charge in [0.25, 0.3) is 5.91 Å². The molecule has 6 nitrogen and oxygen atoms in total. The third-order valence-corrected chi connectivity index (χ3v) is 5.71. The van der Waals surface area contributed by atoms with E-state index < -0.39 is 0 Å². The highest BCUT2D eigenvalue weighted by Crippen LogP contribution is 2.25. The van der Waals surface area contributed by atoms with Crippen LogP contribution >= 0.6 is 39.3 Å². The zero-order valence-electron chi connectivity index (χ0n) is 15.0. The molecule has 0 saturated heterocycles. The van der Waals surface area contributed by atoms with Crippen LogP contribution in [0.1, 0.15) is 12.5 Å². The Kier molecular flexibility index (Phi) is 7.24. The van der Waals surface area contributed by atoms with Crippen molar-refractivity contribution in [1.29, 1.82) is 0 Å². The first-order valence-electron chi connectivity index (χ1n) is 8.47. The highest BCUT2D eigenvalue weighted by molar-refractivity contribution is 9.10. The Balaban J connectivity index is 1.60. The topological polar surface area (TPSA) is 72.2 Å². The van der Waals surface area contributed by atoms with Crippen molar-refractivity contribution in [3.8, 4) is 11.4 Å². The molecule has 1 heterocycles. The van der Waals surface area contributed by atoms with E-state index in [0.29, 0.717) is 16.7 Å². The summed E-state index contributed by atoms with van der Waals surface area (Å²) in [6, 6.07) is 15.1. The lowest BCUT2D eigenvalue weighted by atomic mass is 10.2. The van der Waals surface area contributed by atoms with E-state index in [1.807, 2.05) is 60.0 Å². The average molecular weight is 479 g/mol. The number of aromatic nitrogens is 3. The van der Waals surface area contributed by atoms with Crippen molar-refractivity contribution >= 4 is 51.4 Å². The summed E-state index contributed by atoms with van der Waals surface area (Å²) in [6.07, 6.45) is 1.60. The maximum atomic E-state index is 12.1. The summed E-state index contributed by atoms with van der Waals surface area (Å²) >= 11 is 10.7. The molecule has 1 amide bonds. The molecule has 0 spiro atoms. The molecule has 0 saturated carbocycles. The van der Waals surface area contributed by atoms with Gasteiger partial charge in [0.1, 0.15) is 0 Å². The minimum Gasteiger partial charge on any atom is -0.302 e. The van der Waals surface area contributed by atoms with Gasteiger partial charge in [-0.15, -0.1) is 10.2 Å². The molecular formula is C19H17BrClN5OS. The van der Waals surface area contributed by atoms with Crippen molar-refractivity contribution in [3.63, 3.8) is 0 Å². The zero-order valence-corrected chi connectivity index (χ0v) is 18.1. The Bertz CT molecular complexity index is 990. The van der Waals surface area contributed by atoms with Crippen LogP contribution in [0.15, 0.2) is 63.3 Å². The molecule has 144 valence electrons. The molecule has 0 radical (unpaired) electrons. The van der Waals surface area contributed by atoms with Crippen molar-refractivity contribution in [2.45, 2.75) is 18.6 Å². The highest BCUT2D eigenvalue weighted by atomic mass is 79.9. The monoisotopic (exact) mass is 477 g/mol. The van der Waals surface area contributed by atoms with Crippen LogP contribution in [0.2, 0.25) is 5.02 Å². The van der Waals surface area contributed by atoms with Crippen LogP contribution in [0.3, 0.4) is 0 Å². The maximum Gasteiger partial charge on any atom is 0.250 e. The molecule has 1 aromatic heterocycles. The van der Waals surface area contributed by atoms with Gasteiger partial charge < -0.3 is 4.57 Å². The lowest BCUT2D eigenvalue weighted by Crippen LogP contribution is -2.20. The molecule has 0 unspecified atom stereocenters. The molecule has 28 heavy (non-hydrogen) atoms. The number of rotatable bonds is 7. The number of hydrogen-bond donors (Lipinski definition) is 1. The average Bonchev–Trinajstić information content (AvgIpc) is 3.11. The lowest BCUT2D eigenvalue weighted by molar-refractivity contribution is -0.118. The van der Waals surface area contributed by atoms with Crippen molar-refractivity contribution in [2.75, 3.05) is 5.75 Å². The Morgan fingerprint density at radius 3 is 2.71 bits per heavy atom. The van der Waals surface area contributed by atoms with Crippen molar-refractivity contribution in [2.24, 2.45) is 5.10 Å². The number of amides is 1. The van der Waals surface area contributed by atoms with Gasteiger partial charge in [-0.05, 0) is 37.3 Å². The summed E-state index contributed by atoms with van der Waals surface area (Å²) in [5.41, 5.74) is 4.33. The van der Waals surface area contributed by atoms with E-state index in [2.05, 4.69) is 36.7 Å². The van der Waals surface area contributed by atoms with Gasteiger partial charge in [-0.25, -0.2) is 5.43 Å². The molecular weight excluding hydrogens is 462 g/mol. The van der Waals surface area contributed by atoms with Gasteiger partial charge in [0, 0.05) is 27.2 Å². The van der Waals surface area contributed by atoms with Crippen molar-refractivity contribution in [3.05, 3.63) is 63.6 Å². The van der Waals surface area contributed by atoms with Gasteiger partial charge in [0.05, 0.1) is 12.0 Å². The molecule has 0 atom stereocenters. The van der Waals surface area contributed by atoms with Crippen molar-refractivity contribution < 1.29 is 4.79 Å². The molecule has 0 fully saturated rings. The van der Waals surface area contributed by atoms with Crippen molar-refractivity contribution in [1.82, 2.24) is 20.2 Å². The second-order valence-electron chi connectivity index (χ2n) is 5.66. The number of hydrazone groups is 1. The quantitative estimate of drug-likeness (QED) is 0.305. The summed E-state index contributed by atoms with van der Waals surface area (Å²) in [4.78, 5) is 12.1. The van der Waals surface area contributed by atoms with Crippen LogP contribution in [-0.4, -0.2) is 32.6 Å². The fourth-order valence-corrected chi connectivity index (χ4v) is 3.72. The molecule has 9 heteroatoms. The van der Waals surface area contributed by atoms with Gasteiger partial charge >= 0.3 is 0 Å². The lowest BCUT2D eigenvalue weighted by Gasteiger charge is -2.07. The van der Waals surface area contributed by atoms with E-state index in [1.165, 1.54) is 11.8 Å². The zero-order chi connectivity index (χ0) is 19.9. The molecule has 0 aliphatic heterocycles. The van der Waals surface area contributed by atoms with Gasteiger partial charge in [-0.3, -0.25) is 4.79 Å². The Morgan fingerprint density at radius 2 is 2.00 bits per heavy atom. The third-order valence-electron chi connectivity index (χ3n) is 3.77. The van der Waals surface area contributed by atoms with Crippen LogP contribution in [0.25, 0.3) is 11.4 Å². The number of carbonyl (C=O) groups excluding carboxylic acids is 1. The number of halogens is 2. The summed E-state index contributed by atoms with van der Waals surface area (Å²) in [6.45, 7) is 2.70. The Hall–Kier alpha value is -2.16. The van der Waals surface area contributed by atoms with E-state index in [9.17, 15) is 4.79 Å². The minimum atomic E-state index is -0.216. The molecule has 3 rings (SSSR count). The first-order chi connectivity index (χ1) is 13.6. The Morgan fingerprint density at radius 1 is 1.25 bits per heavy atom. The third kappa shape index (κ3) is 5.21. The largest absolute Gasteiger partial charge is 0.302 e. The second kappa shape index (κ2) is 9.86. The van der Waals surface area contributed by atoms with Crippen LogP contribution < -0.4 is 5.43 Å². The number of thioether (sulfide) groups is 1. The number of carbonyl (C=O) groups is 1. The number of nitrogens with zero attached hydrogens (tertiary/aromatic N) is 4. The van der Waals surface area contributed by atoms with Crippen LogP contribution in [0.4, 0.5) is 0 Å². The fourth-order valence-electron chi connectivity index (χ4n) is 2.41. The second-order valence-corrected chi connectivity index (χ2v) is 7.89. The molecule has 2 aromatic carbocycles. The number of nitrogens with one attached hydrogen (secondary N) is 1. The van der Waals surface area contributed by atoms with Crippen LogP contribution in [-0.2, 0) is 11.3 Å². The summed E-state index contributed by atoms with van der Waals surface area (Å²) in [7, 11) is 0. The van der Waals surface area contributed by atoms with E-state index in [0.717, 1.165) is 21.4 Å². The minimum absolute atomic E-state index is 0.187. The summed E-state index contributed by atoms with van der Waals surface area (Å²) in [5.74, 6) is 0.715. The first kappa shape index (κ1) is 20.6. The molecule has 0 aliphatic carbocycles. The van der Waals surface area contributed by atoms with Gasteiger partial charge in [-0.2, -0.15) is 5.10 Å². The highest BCUT2D eigenvalue weighted by Gasteiger charge is 2.14. The van der Waals surface area contributed by atoms with Crippen LogP contribution in [0.5, 0.6) is 0 Å². The van der Waals surface area contributed by atoms with Crippen LogP contribution in [0, 0.1) is 0 Å². The number of hydrogen-bond acceptors (Lipinski definition) is 5. The van der Waals surface area contributed by atoms with Gasteiger partial charge in [0.2, 0.25) is 0 Å². The molecule has 1 N–H and O–H groups in total. The van der Waals surface area contributed by atoms with E-state index in [-0.39, 0.29) is 11.7 Å². The van der Waals surface area contributed by atoms with E-state index >= 15 is 0 Å². The predicted octanol–water partition coefficient (Wildman–Crippen LogP) is 4.62. The smallest absolute Gasteiger partial charge is 0.250 e. The summed E-state index contributed by atoms with van der Waals surface area (Å²) in [5, 5.41) is 13.8. The van der Waals surface area contributed by atoms with E-state index in [1.54, 1.807) is 6.21 Å². The molecule has 3 aromatic rings. The normalized spacial score (nSPS) is 11.1. The van der Waals surface area contributed by atoms with E-state index in [4.69, 9.17) is 11.6 Å². The standard InChI is InChI=1S/C19H17BrClN5OS/c1-2-26-18(13-7-9-15(21)10-8-13)24-25-19(26)28-12-17(27)23-22-11-14-5-3-4-6-16(14)20/h3-11H,2,12H2,1H3,(H,23,27)/b22-11+.